The number of ether oxygens (including phenoxy) is 1. The van der Waals surface area contributed by atoms with Crippen LogP contribution >= 0.6 is 11.6 Å². The number of carbonyl (C=O) groups excluding carboxylic acids is 2. The maximum absolute atomic E-state index is 12.5. The fourth-order valence-corrected chi connectivity index (χ4v) is 2.82. The Labute approximate surface area is 167 Å². The summed E-state index contributed by atoms with van der Waals surface area (Å²) in [5.74, 6) is -1.15. The van der Waals surface area contributed by atoms with Crippen LogP contribution < -0.4 is 5.32 Å². The summed E-state index contributed by atoms with van der Waals surface area (Å²) >= 11 is 5.74. The van der Waals surface area contributed by atoms with Crippen molar-refractivity contribution in [2.24, 2.45) is 0 Å². The van der Waals surface area contributed by atoms with Gasteiger partial charge in [-0.05, 0) is 43.0 Å². The molecule has 0 spiro atoms. The first-order valence-electron chi connectivity index (χ1n) is 8.67. The molecule has 28 heavy (non-hydrogen) atoms. The van der Waals surface area contributed by atoms with Gasteiger partial charge >= 0.3 is 5.97 Å². The second kappa shape index (κ2) is 8.84. The van der Waals surface area contributed by atoms with E-state index in [-0.39, 0.29) is 16.5 Å². The van der Waals surface area contributed by atoms with Crippen molar-refractivity contribution in [1.29, 1.82) is 0 Å². The zero-order valence-corrected chi connectivity index (χ0v) is 16.7. The number of hydrogen-bond acceptors (Lipinski definition) is 5. The SMILES string of the molecule is Cc1cccc(C(C)C)c1NC(=O)[C@H](C)OC(=O)c1ccc(Cl)c([N+](=O)[O-])c1. The summed E-state index contributed by atoms with van der Waals surface area (Å²) in [6.45, 7) is 7.35. The third-order valence-corrected chi connectivity index (χ3v) is 4.53. The summed E-state index contributed by atoms with van der Waals surface area (Å²) in [6, 6.07) is 9.29. The smallest absolute Gasteiger partial charge is 0.339 e. The first-order chi connectivity index (χ1) is 13.1. The number of amides is 1. The summed E-state index contributed by atoms with van der Waals surface area (Å²) in [6.07, 6.45) is -1.10. The van der Waals surface area contributed by atoms with E-state index in [0.29, 0.717) is 5.69 Å². The van der Waals surface area contributed by atoms with Gasteiger partial charge in [-0.1, -0.05) is 43.6 Å². The van der Waals surface area contributed by atoms with Gasteiger partial charge in [-0.25, -0.2) is 4.79 Å². The van der Waals surface area contributed by atoms with Gasteiger partial charge in [0.2, 0.25) is 0 Å². The molecule has 0 aliphatic carbocycles. The number of nitrogens with one attached hydrogen (secondary N) is 1. The number of nitro benzene ring substituents is 1. The Morgan fingerprint density at radius 2 is 1.86 bits per heavy atom. The molecule has 0 saturated carbocycles. The summed E-state index contributed by atoms with van der Waals surface area (Å²) in [4.78, 5) is 35.1. The molecule has 0 aromatic heterocycles. The molecule has 7 nitrogen and oxygen atoms in total. The molecule has 1 atom stereocenters. The number of nitro groups is 1. The van der Waals surface area contributed by atoms with Gasteiger partial charge in [0.05, 0.1) is 10.5 Å². The highest BCUT2D eigenvalue weighted by Gasteiger charge is 2.23. The van der Waals surface area contributed by atoms with Gasteiger partial charge in [-0.3, -0.25) is 14.9 Å². The third kappa shape index (κ3) is 4.86. The molecule has 2 rings (SSSR count). The van der Waals surface area contributed by atoms with Crippen LogP contribution in [0, 0.1) is 17.0 Å². The maximum atomic E-state index is 12.5. The van der Waals surface area contributed by atoms with E-state index in [4.69, 9.17) is 16.3 Å². The molecule has 0 radical (unpaired) electrons. The number of hydrogen-bond donors (Lipinski definition) is 1. The average Bonchev–Trinajstić information content (AvgIpc) is 2.62. The van der Waals surface area contributed by atoms with Crippen molar-refractivity contribution in [3.63, 3.8) is 0 Å². The van der Waals surface area contributed by atoms with E-state index in [1.807, 2.05) is 39.0 Å². The molecule has 1 N–H and O–H groups in total. The van der Waals surface area contributed by atoms with Gasteiger partial charge in [-0.2, -0.15) is 0 Å². The number of anilines is 1. The van der Waals surface area contributed by atoms with Gasteiger partial charge in [0.1, 0.15) is 5.02 Å². The predicted octanol–water partition coefficient (Wildman–Crippen LogP) is 4.86. The fraction of sp³-hybridized carbons (Fsp3) is 0.300. The van der Waals surface area contributed by atoms with Gasteiger partial charge in [0.25, 0.3) is 11.6 Å². The van der Waals surface area contributed by atoms with Crippen LogP contribution in [0.5, 0.6) is 0 Å². The normalized spacial score (nSPS) is 11.8. The molecular weight excluding hydrogens is 384 g/mol. The standard InChI is InChI=1S/C20H21ClN2O5/c1-11(2)15-7-5-6-12(3)18(15)22-19(24)13(4)28-20(25)14-8-9-16(21)17(10-14)23(26)27/h5-11,13H,1-4H3,(H,22,24)/t13-/m0/s1. The molecule has 0 saturated heterocycles. The highest BCUT2D eigenvalue weighted by molar-refractivity contribution is 6.32. The van der Waals surface area contributed by atoms with Crippen molar-refractivity contribution in [3.05, 3.63) is 68.2 Å². The van der Waals surface area contributed by atoms with Crippen LogP contribution in [0.25, 0.3) is 0 Å². The number of benzene rings is 2. The minimum atomic E-state index is -1.10. The lowest BCUT2D eigenvalue weighted by atomic mass is 9.98. The molecule has 0 aliphatic heterocycles. The highest BCUT2D eigenvalue weighted by atomic mass is 35.5. The lowest BCUT2D eigenvalue weighted by molar-refractivity contribution is -0.384. The van der Waals surface area contributed by atoms with E-state index < -0.39 is 28.6 Å². The van der Waals surface area contributed by atoms with E-state index in [9.17, 15) is 19.7 Å². The van der Waals surface area contributed by atoms with Crippen molar-refractivity contribution in [2.45, 2.75) is 39.7 Å². The van der Waals surface area contributed by atoms with Crippen molar-refractivity contribution < 1.29 is 19.2 Å². The van der Waals surface area contributed by atoms with Crippen LogP contribution in [0.1, 0.15) is 48.2 Å². The molecule has 2 aromatic carbocycles. The van der Waals surface area contributed by atoms with Crippen LogP contribution in [-0.4, -0.2) is 22.9 Å². The van der Waals surface area contributed by atoms with E-state index in [0.717, 1.165) is 17.2 Å². The number of aryl methyl sites for hydroxylation is 1. The lowest BCUT2D eigenvalue weighted by Gasteiger charge is -2.19. The van der Waals surface area contributed by atoms with Crippen molar-refractivity contribution in [3.8, 4) is 0 Å². The van der Waals surface area contributed by atoms with E-state index >= 15 is 0 Å². The zero-order valence-electron chi connectivity index (χ0n) is 16.0. The quantitative estimate of drug-likeness (QED) is 0.421. The number of nitrogens with zero attached hydrogens (tertiary/aromatic N) is 1. The second-order valence-corrected chi connectivity index (χ2v) is 7.06. The van der Waals surface area contributed by atoms with Crippen LogP contribution in [0.15, 0.2) is 36.4 Å². The Hall–Kier alpha value is -2.93. The molecule has 0 unspecified atom stereocenters. The van der Waals surface area contributed by atoms with E-state index in [1.54, 1.807) is 0 Å². The Balaban J connectivity index is 2.14. The largest absolute Gasteiger partial charge is 0.449 e. The number of carbonyl (C=O) groups is 2. The van der Waals surface area contributed by atoms with Crippen LogP contribution in [0.4, 0.5) is 11.4 Å². The van der Waals surface area contributed by atoms with Crippen molar-refractivity contribution in [1.82, 2.24) is 0 Å². The van der Waals surface area contributed by atoms with Crippen molar-refractivity contribution in [2.75, 3.05) is 5.32 Å². The molecule has 1 amide bonds. The molecule has 0 bridgehead atoms. The summed E-state index contributed by atoms with van der Waals surface area (Å²) in [7, 11) is 0. The first kappa shape index (κ1) is 21.4. The topological polar surface area (TPSA) is 98.5 Å². The molecular formula is C20H21ClN2O5. The Bertz CT molecular complexity index is 927. The summed E-state index contributed by atoms with van der Waals surface area (Å²) < 4.78 is 5.17. The van der Waals surface area contributed by atoms with Gasteiger partial charge in [0, 0.05) is 11.8 Å². The van der Waals surface area contributed by atoms with Crippen LogP contribution in [-0.2, 0) is 9.53 Å². The van der Waals surface area contributed by atoms with Crippen molar-refractivity contribution >= 4 is 34.9 Å². The molecule has 2 aromatic rings. The summed E-state index contributed by atoms with van der Waals surface area (Å²) in [5.41, 5.74) is 2.09. The monoisotopic (exact) mass is 404 g/mol. The third-order valence-electron chi connectivity index (χ3n) is 4.21. The number of halogens is 1. The molecule has 0 fully saturated rings. The number of esters is 1. The Kier molecular flexibility index (Phi) is 6.75. The van der Waals surface area contributed by atoms with E-state index in [2.05, 4.69) is 5.32 Å². The number of rotatable bonds is 6. The first-order valence-corrected chi connectivity index (χ1v) is 9.05. The van der Waals surface area contributed by atoms with Crippen LogP contribution in [0.2, 0.25) is 5.02 Å². The van der Waals surface area contributed by atoms with Gasteiger partial charge < -0.3 is 10.1 Å². The number of para-hydroxylation sites is 1. The molecule has 148 valence electrons. The Morgan fingerprint density at radius 3 is 2.46 bits per heavy atom. The Morgan fingerprint density at radius 1 is 1.18 bits per heavy atom. The summed E-state index contributed by atoms with van der Waals surface area (Å²) in [5, 5.41) is 13.7. The second-order valence-electron chi connectivity index (χ2n) is 6.65. The maximum Gasteiger partial charge on any atom is 0.339 e. The minimum absolute atomic E-state index is 0.0606. The zero-order chi connectivity index (χ0) is 21.0. The molecule has 8 heteroatoms. The highest BCUT2D eigenvalue weighted by Crippen LogP contribution is 2.28. The predicted molar refractivity (Wildman–Crippen MR) is 107 cm³/mol. The molecule has 0 heterocycles. The van der Waals surface area contributed by atoms with Gasteiger partial charge in [-0.15, -0.1) is 0 Å². The lowest BCUT2D eigenvalue weighted by Crippen LogP contribution is -2.30. The average molecular weight is 405 g/mol. The van der Waals surface area contributed by atoms with Crippen LogP contribution in [0.3, 0.4) is 0 Å². The van der Waals surface area contributed by atoms with Gasteiger partial charge in [0.15, 0.2) is 6.10 Å². The molecule has 0 aliphatic rings. The fourth-order valence-electron chi connectivity index (χ4n) is 2.63. The minimum Gasteiger partial charge on any atom is -0.449 e. The van der Waals surface area contributed by atoms with E-state index in [1.165, 1.54) is 19.1 Å².